The molecule has 6 rings (SSSR count). The summed E-state index contributed by atoms with van der Waals surface area (Å²) in [6.45, 7) is 3.44. The quantitative estimate of drug-likeness (QED) is 0.844. The topological polar surface area (TPSA) is 60.4 Å². The largest absolute Gasteiger partial charge is 0.486 e. The Morgan fingerprint density at radius 2 is 1.66 bits per heavy atom. The lowest BCUT2D eigenvalue weighted by Crippen LogP contribution is -2.43. The van der Waals surface area contributed by atoms with Crippen molar-refractivity contribution < 1.29 is 24.1 Å². The van der Waals surface area contributed by atoms with Gasteiger partial charge in [0.15, 0.2) is 23.0 Å². The van der Waals surface area contributed by atoms with Gasteiger partial charge in [0.1, 0.15) is 13.2 Å². The predicted octanol–water partition coefficient (Wildman–Crippen LogP) is 3.02. The van der Waals surface area contributed by atoms with Gasteiger partial charge in [-0.25, -0.2) is 0 Å². The molecule has 1 saturated heterocycles. The minimum absolute atomic E-state index is 0.123. The summed E-state index contributed by atoms with van der Waals surface area (Å²) in [6, 6.07) is 10.4. The van der Waals surface area contributed by atoms with Gasteiger partial charge >= 0.3 is 0 Å². The van der Waals surface area contributed by atoms with Crippen molar-refractivity contribution in [1.82, 2.24) is 4.90 Å². The lowest BCUT2D eigenvalue weighted by Gasteiger charge is -2.38. The van der Waals surface area contributed by atoms with Crippen LogP contribution in [0.1, 0.15) is 41.6 Å². The van der Waals surface area contributed by atoms with E-state index >= 15 is 0 Å². The van der Waals surface area contributed by atoms with Crippen molar-refractivity contribution >= 4 is 0 Å². The number of hydrogen-bond acceptors (Lipinski definition) is 6. The fourth-order valence-electron chi connectivity index (χ4n) is 5.28. The first-order valence-corrected chi connectivity index (χ1v) is 10.5. The molecule has 0 aromatic heterocycles. The Kier molecular flexibility index (Phi) is 4.09. The maximum atomic E-state index is 11.0. The Balaban J connectivity index is 1.17. The van der Waals surface area contributed by atoms with Gasteiger partial charge in [0.2, 0.25) is 6.79 Å². The molecule has 6 nitrogen and oxygen atoms in total. The number of likely N-dealkylation sites (tertiary alicyclic amines) is 1. The lowest BCUT2D eigenvalue weighted by atomic mass is 9.87. The highest BCUT2D eigenvalue weighted by molar-refractivity contribution is 5.52. The number of nitrogens with zero attached hydrogens (tertiary/aromatic N) is 1. The minimum Gasteiger partial charge on any atom is -0.486 e. The van der Waals surface area contributed by atoms with Crippen molar-refractivity contribution in [3.05, 3.63) is 47.0 Å². The van der Waals surface area contributed by atoms with Crippen LogP contribution in [-0.2, 0) is 6.42 Å². The molecule has 0 bridgehead atoms. The number of benzene rings is 2. The van der Waals surface area contributed by atoms with E-state index in [4.69, 9.17) is 18.9 Å². The van der Waals surface area contributed by atoms with Gasteiger partial charge in [0, 0.05) is 11.6 Å². The zero-order valence-electron chi connectivity index (χ0n) is 16.3. The van der Waals surface area contributed by atoms with E-state index in [1.54, 1.807) is 0 Å². The number of para-hydroxylation sites is 1. The first-order valence-electron chi connectivity index (χ1n) is 10.5. The molecule has 3 heterocycles. The van der Waals surface area contributed by atoms with Crippen LogP contribution in [0.2, 0.25) is 0 Å². The Morgan fingerprint density at radius 3 is 2.52 bits per heavy atom. The van der Waals surface area contributed by atoms with Gasteiger partial charge in [-0.15, -0.1) is 0 Å². The first kappa shape index (κ1) is 17.4. The summed E-state index contributed by atoms with van der Waals surface area (Å²) in [5, 5.41) is 11.0. The van der Waals surface area contributed by atoms with Crippen molar-refractivity contribution in [2.24, 2.45) is 0 Å². The first-order chi connectivity index (χ1) is 14.3. The van der Waals surface area contributed by atoms with Crippen LogP contribution < -0.4 is 18.9 Å². The maximum absolute atomic E-state index is 11.0. The summed E-state index contributed by atoms with van der Waals surface area (Å²) in [4.78, 5) is 2.45. The third kappa shape index (κ3) is 2.85. The summed E-state index contributed by atoms with van der Waals surface area (Å²) >= 11 is 0. The van der Waals surface area contributed by atoms with Crippen molar-refractivity contribution in [3.8, 4) is 23.0 Å². The highest BCUT2D eigenvalue weighted by Crippen LogP contribution is 2.45. The van der Waals surface area contributed by atoms with Gasteiger partial charge < -0.3 is 24.1 Å². The number of aliphatic hydroxyl groups excluding tert-OH is 1. The third-order valence-electron chi connectivity index (χ3n) is 6.78. The van der Waals surface area contributed by atoms with Crippen LogP contribution in [0.25, 0.3) is 0 Å². The number of aliphatic hydroxyl groups is 1. The van der Waals surface area contributed by atoms with Gasteiger partial charge in [-0.2, -0.15) is 0 Å². The Morgan fingerprint density at radius 1 is 0.862 bits per heavy atom. The van der Waals surface area contributed by atoms with E-state index in [2.05, 4.69) is 17.0 Å². The van der Waals surface area contributed by atoms with Crippen LogP contribution in [-0.4, -0.2) is 49.1 Å². The van der Waals surface area contributed by atoms with Gasteiger partial charge in [0.25, 0.3) is 0 Å². The molecule has 152 valence electrons. The van der Waals surface area contributed by atoms with Gasteiger partial charge in [-0.1, -0.05) is 12.1 Å². The average Bonchev–Trinajstić information content (AvgIpc) is 3.36. The molecule has 0 amide bonds. The molecule has 0 radical (unpaired) electrons. The third-order valence-corrected chi connectivity index (χ3v) is 6.78. The van der Waals surface area contributed by atoms with E-state index < -0.39 is 6.10 Å². The summed E-state index contributed by atoms with van der Waals surface area (Å²) < 4.78 is 22.7. The molecule has 1 N–H and O–H groups in total. The molecule has 0 spiro atoms. The molecule has 2 unspecified atom stereocenters. The summed E-state index contributed by atoms with van der Waals surface area (Å²) in [5.41, 5.74) is 3.43. The van der Waals surface area contributed by atoms with Gasteiger partial charge in [0.05, 0.1) is 6.10 Å². The van der Waals surface area contributed by atoms with E-state index in [0.717, 1.165) is 60.9 Å². The van der Waals surface area contributed by atoms with Crippen LogP contribution in [0, 0.1) is 0 Å². The Labute approximate surface area is 169 Å². The second-order valence-electron chi connectivity index (χ2n) is 8.30. The number of fused-ring (bicyclic) bond motifs is 3. The van der Waals surface area contributed by atoms with E-state index in [1.807, 2.05) is 18.2 Å². The summed E-state index contributed by atoms with van der Waals surface area (Å²) in [5.74, 6) is 3.81. The molecule has 3 aliphatic heterocycles. The molecule has 2 atom stereocenters. The smallest absolute Gasteiger partial charge is 0.231 e. The van der Waals surface area contributed by atoms with Crippen LogP contribution in [0.4, 0.5) is 0 Å². The van der Waals surface area contributed by atoms with E-state index in [-0.39, 0.29) is 12.8 Å². The Bertz CT molecular complexity index is 937. The fourth-order valence-corrected chi connectivity index (χ4v) is 5.28. The van der Waals surface area contributed by atoms with Gasteiger partial charge in [-0.05, 0) is 67.6 Å². The van der Waals surface area contributed by atoms with Crippen molar-refractivity contribution in [3.63, 3.8) is 0 Å². The minimum atomic E-state index is -0.475. The number of ether oxygens (including phenoxy) is 4. The SMILES string of the molecule is OC1c2cc3c(cc2CC1N1CCC(c2cccc4c2OCCO4)CC1)OCO3. The molecule has 29 heavy (non-hydrogen) atoms. The number of piperidine rings is 1. The molecule has 1 aliphatic carbocycles. The molecular formula is C23H25NO5. The van der Waals surface area contributed by atoms with E-state index in [9.17, 15) is 5.11 Å². The molecule has 6 heteroatoms. The molecule has 4 aliphatic rings. The van der Waals surface area contributed by atoms with Crippen molar-refractivity contribution in [1.29, 1.82) is 0 Å². The van der Waals surface area contributed by atoms with E-state index in [0.29, 0.717) is 19.1 Å². The zero-order chi connectivity index (χ0) is 19.4. The van der Waals surface area contributed by atoms with Crippen molar-refractivity contribution in [2.75, 3.05) is 33.1 Å². The second-order valence-corrected chi connectivity index (χ2v) is 8.30. The van der Waals surface area contributed by atoms with Crippen molar-refractivity contribution in [2.45, 2.75) is 37.3 Å². The van der Waals surface area contributed by atoms with Crippen LogP contribution in [0.15, 0.2) is 30.3 Å². The van der Waals surface area contributed by atoms with Crippen LogP contribution >= 0.6 is 0 Å². The molecule has 1 fully saturated rings. The number of rotatable bonds is 2. The zero-order valence-corrected chi connectivity index (χ0v) is 16.3. The van der Waals surface area contributed by atoms with Crippen LogP contribution in [0.5, 0.6) is 23.0 Å². The van der Waals surface area contributed by atoms with E-state index in [1.165, 1.54) is 11.1 Å². The normalized spacial score (nSPS) is 25.8. The average molecular weight is 395 g/mol. The lowest BCUT2D eigenvalue weighted by molar-refractivity contribution is 0.0453. The second kappa shape index (κ2) is 6.82. The molecule has 2 aromatic rings. The standard InChI is InChI=1S/C23H25NO5/c25-22-17-12-21-20(28-13-29-21)11-15(17)10-18(22)24-6-4-14(5-7-24)16-2-1-3-19-23(16)27-9-8-26-19/h1-3,11-12,14,18,22,25H,4-10,13H2. The van der Waals surface area contributed by atoms with Crippen LogP contribution in [0.3, 0.4) is 0 Å². The fraction of sp³-hybridized carbons (Fsp3) is 0.478. The molecular weight excluding hydrogens is 370 g/mol. The van der Waals surface area contributed by atoms with Gasteiger partial charge in [-0.3, -0.25) is 4.90 Å². The predicted molar refractivity (Wildman–Crippen MR) is 106 cm³/mol. The highest BCUT2D eigenvalue weighted by Gasteiger charge is 2.38. The monoisotopic (exact) mass is 395 g/mol. The number of hydrogen-bond donors (Lipinski definition) is 1. The molecule has 2 aromatic carbocycles. The molecule has 0 saturated carbocycles. The maximum Gasteiger partial charge on any atom is 0.231 e. The summed E-state index contributed by atoms with van der Waals surface area (Å²) in [7, 11) is 0. The highest BCUT2D eigenvalue weighted by atomic mass is 16.7. The summed E-state index contributed by atoms with van der Waals surface area (Å²) in [6.07, 6.45) is 2.50. The Hall–Kier alpha value is -2.44.